The zero-order chi connectivity index (χ0) is 21.3. The van der Waals surface area contributed by atoms with E-state index in [1.165, 1.54) is 16.9 Å². The van der Waals surface area contributed by atoms with Crippen molar-refractivity contribution in [3.63, 3.8) is 0 Å². The Labute approximate surface area is 178 Å². The third kappa shape index (κ3) is 4.16. The van der Waals surface area contributed by atoms with Crippen LogP contribution in [0, 0.1) is 0 Å². The molecule has 4 rings (SSSR count). The van der Waals surface area contributed by atoms with Gasteiger partial charge >= 0.3 is 0 Å². The van der Waals surface area contributed by atoms with Crippen LogP contribution in [0.3, 0.4) is 0 Å². The molecule has 152 valence electrons. The summed E-state index contributed by atoms with van der Waals surface area (Å²) in [5.74, 6) is -0.326. The molecular formula is C23H22N4O2S. The van der Waals surface area contributed by atoms with E-state index in [9.17, 15) is 9.59 Å². The average Bonchev–Trinajstić information content (AvgIpc) is 3.16. The number of fused-ring (bicyclic) bond motifs is 1. The highest BCUT2D eigenvalue weighted by molar-refractivity contribution is 7.21. The van der Waals surface area contributed by atoms with Gasteiger partial charge in [-0.25, -0.2) is 4.68 Å². The van der Waals surface area contributed by atoms with E-state index in [1.807, 2.05) is 60.7 Å². The Hall–Kier alpha value is -3.32. The molecule has 6 nitrogen and oxygen atoms in total. The minimum atomic E-state index is -0.326. The van der Waals surface area contributed by atoms with E-state index in [4.69, 9.17) is 0 Å². The number of thiophene rings is 1. The molecule has 0 aliphatic carbocycles. The average molecular weight is 419 g/mol. The Balaban J connectivity index is 1.53. The van der Waals surface area contributed by atoms with Gasteiger partial charge in [0.15, 0.2) is 4.83 Å². The lowest BCUT2D eigenvalue weighted by Gasteiger charge is -2.19. The molecule has 0 bridgehead atoms. The van der Waals surface area contributed by atoms with Gasteiger partial charge in [0, 0.05) is 10.6 Å². The number of benzene rings is 2. The summed E-state index contributed by atoms with van der Waals surface area (Å²) in [6.07, 6.45) is 0. The summed E-state index contributed by atoms with van der Waals surface area (Å²) in [7, 11) is 0. The molecule has 0 spiro atoms. The Kier molecular flexibility index (Phi) is 5.22. The van der Waals surface area contributed by atoms with E-state index in [0.29, 0.717) is 15.9 Å². The second-order valence-corrected chi connectivity index (χ2v) is 9.15. The highest BCUT2D eigenvalue weighted by Crippen LogP contribution is 2.30. The van der Waals surface area contributed by atoms with Crippen molar-refractivity contribution < 1.29 is 4.79 Å². The van der Waals surface area contributed by atoms with Crippen LogP contribution < -0.4 is 10.9 Å². The lowest BCUT2D eigenvalue weighted by atomic mass is 9.87. The fraction of sp³-hybridized carbons (Fsp3) is 0.217. The number of aromatic nitrogens is 3. The van der Waals surface area contributed by atoms with Crippen LogP contribution in [0.2, 0.25) is 0 Å². The number of carbonyl (C=O) groups excluding carboxylic acids is 1. The van der Waals surface area contributed by atoms with Crippen LogP contribution in [0.25, 0.3) is 20.7 Å². The number of nitrogens with one attached hydrogen (secondary N) is 1. The predicted molar refractivity (Wildman–Crippen MR) is 121 cm³/mol. The first kappa shape index (κ1) is 20.0. The molecule has 7 heteroatoms. The minimum absolute atomic E-state index is 0.0417. The molecular weight excluding hydrogens is 396 g/mol. The normalized spacial score (nSPS) is 11.6. The van der Waals surface area contributed by atoms with E-state index in [0.717, 1.165) is 15.1 Å². The molecule has 2 aromatic carbocycles. The van der Waals surface area contributed by atoms with Crippen molar-refractivity contribution in [2.24, 2.45) is 0 Å². The largest absolute Gasteiger partial charge is 0.324 e. The lowest BCUT2D eigenvalue weighted by molar-refractivity contribution is -0.117. The van der Waals surface area contributed by atoms with E-state index in [-0.39, 0.29) is 23.4 Å². The summed E-state index contributed by atoms with van der Waals surface area (Å²) in [6.45, 7) is 6.21. The second kappa shape index (κ2) is 7.84. The Morgan fingerprint density at radius 3 is 2.43 bits per heavy atom. The Morgan fingerprint density at radius 2 is 1.77 bits per heavy atom. The van der Waals surface area contributed by atoms with Gasteiger partial charge < -0.3 is 5.32 Å². The van der Waals surface area contributed by atoms with Crippen molar-refractivity contribution in [2.45, 2.75) is 32.7 Å². The number of carbonyl (C=O) groups is 1. The Bertz CT molecular complexity index is 1250. The zero-order valence-corrected chi connectivity index (χ0v) is 17.9. The monoisotopic (exact) mass is 418 g/mol. The first-order valence-corrected chi connectivity index (χ1v) is 10.5. The molecule has 0 aliphatic rings. The van der Waals surface area contributed by atoms with Crippen LogP contribution in [0.4, 0.5) is 5.69 Å². The molecule has 30 heavy (non-hydrogen) atoms. The maximum atomic E-state index is 12.8. The molecule has 0 atom stereocenters. The van der Waals surface area contributed by atoms with Crippen molar-refractivity contribution in [1.82, 2.24) is 15.0 Å². The fourth-order valence-corrected chi connectivity index (χ4v) is 4.09. The molecule has 0 saturated carbocycles. The van der Waals surface area contributed by atoms with Gasteiger partial charge in [0.25, 0.3) is 5.56 Å². The first-order chi connectivity index (χ1) is 14.3. The van der Waals surface area contributed by atoms with E-state index >= 15 is 0 Å². The third-order valence-electron chi connectivity index (χ3n) is 4.81. The molecule has 1 N–H and O–H groups in total. The summed E-state index contributed by atoms with van der Waals surface area (Å²) in [6, 6.07) is 19.3. The molecule has 2 heterocycles. The maximum absolute atomic E-state index is 12.8. The van der Waals surface area contributed by atoms with Crippen LogP contribution in [0.5, 0.6) is 0 Å². The topological polar surface area (TPSA) is 76.9 Å². The maximum Gasteiger partial charge on any atom is 0.279 e. The standard InChI is InChI=1S/C23H22N4O2S/c1-23(2,3)16-9-11-17(12-10-16)24-20(28)14-27-22(29)18-13-19(30-21(18)25-26-27)15-7-5-4-6-8-15/h4-13H,14H2,1-3H3,(H,24,28). The van der Waals surface area contributed by atoms with Crippen molar-refractivity contribution in [2.75, 3.05) is 5.32 Å². The van der Waals surface area contributed by atoms with E-state index in [1.54, 1.807) is 0 Å². The predicted octanol–water partition coefficient (Wildman–Crippen LogP) is 4.46. The fourth-order valence-electron chi connectivity index (χ4n) is 3.12. The highest BCUT2D eigenvalue weighted by atomic mass is 32.1. The smallest absolute Gasteiger partial charge is 0.279 e. The molecule has 1 amide bonds. The Morgan fingerprint density at radius 1 is 1.07 bits per heavy atom. The van der Waals surface area contributed by atoms with Crippen LogP contribution in [-0.2, 0) is 16.8 Å². The summed E-state index contributed by atoms with van der Waals surface area (Å²) in [5.41, 5.74) is 2.59. The summed E-state index contributed by atoms with van der Waals surface area (Å²) >= 11 is 1.41. The van der Waals surface area contributed by atoms with Crippen molar-refractivity contribution in [1.29, 1.82) is 0 Å². The third-order valence-corrected chi connectivity index (χ3v) is 5.88. The molecule has 2 aromatic heterocycles. The van der Waals surface area contributed by atoms with Gasteiger partial charge in [-0.3, -0.25) is 9.59 Å². The van der Waals surface area contributed by atoms with Gasteiger partial charge in [-0.2, -0.15) is 0 Å². The highest BCUT2D eigenvalue weighted by Gasteiger charge is 2.15. The molecule has 0 aliphatic heterocycles. The number of hydrogen-bond donors (Lipinski definition) is 1. The zero-order valence-electron chi connectivity index (χ0n) is 17.0. The van der Waals surface area contributed by atoms with Crippen LogP contribution in [0.15, 0.2) is 65.5 Å². The van der Waals surface area contributed by atoms with Crippen LogP contribution >= 0.6 is 11.3 Å². The van der Waals surface area contributed by atoms with Crippen LogP contribution in [-0.4, -0.2) is 20.9 Å². The van der Waals surface area contributed by atoms with Gasteiger partial charge in [0.1, 0.15) is 6.54 Å². The lowest BCUT2D eigenvalue weighted by Crippen LogP contribution is -2.30. The number of nitrogens with zero attached hydrogens (tertiary/aromatic N) is 3. The van der Waals surface area contributed by atoms with Gasteiger partial charge in [-0.1, -0.05) is 68.4 Å². The molecule has 0 fully saturated rings. The van der Waals surface area contributed by atoms with Crippen molar-refractivity contribution in [3.05, 3.63) is 76.6 Å². The number of amides is 1. The minimum Gasteiger partial charge on any atom is -0.324 e. The van der Waals surface area contributed by atoms with E-state index in [2.05, 4.69) is 36.4 Å². The summed E-state index contributed by atoms with van der Waals surface area (Å²) in [5, 5.41) is 11.4. The molecule has 4 aromatic rings. The number of hydrogen-bond acceptors (Lipinski definition) is 5. The van der Waals surface area contributed by atoms with Crippen molar-refractivity contribution >= 4 is 33.1 Å². The quantitative estimate of drug-likeness (QED) is 0.531. The number of anilines is 1. The van der Waals surface area contributed by atoms with Gasteiger partial charge in [-0.15, -0.1) is 16.4 Å². The van der Waals surface area contributed by atoms with Gasteiger partial charge in [0.05, 0.1) is 5.39 Å². The van der Waals surface area contributed by atoms with Gasteiger partial charge in [0.2, 0.25) is 5.91 Å². The second-order valence-electron chi connectivity index (χ2n) is 8.12. The van der Waals surface area contributed by atoms with Crippen molar-refractivity contribution in [3.8, 4) is 10.4 Å². The van der Waals surface area contributed by atoms with Gasteiger partial charge in [-0.05, 0) is 34.7 Å². The van der Waals surface area contributed by atoms with Crippen LogP contribution in [0.1, 0.15) is 26.3 Å². The first-order valence-electron chi connectivity index (χ1n) is 9.64. The summed E-state index contributed by atoms with van der Waals surface area (Å²) < 4.78 is 1.10. The SMILES string of the molecule is CC(C)(C)c1ccc(NC(=O)Cn2nnc3sc(-c4ccccc4)cc3c2=O)cc1. The number of rotatable bonds is 4. The molecule has 0 radical (unpaired) electrons. The van der Waals surface area contributed by atoms with E-state index < -0.39 is 0 Å². The molecule has 0 saturated heterocycles. The summed E-state index contributed by atoms with van der Waals surface area (Å²) in [4.78, 5) is 26.8. The molecule has 0 unspecified atom stereocenters.